The highest BCUT2D eigenvalue weighted by Gasteiger charge is 2.12. The minimum Gasteiger partial charge on any atom is -0.304 e. The van der Waals surface area contributed by atoms with Crippen LogP contribution in [0.4, 0.5) is 5.82 Å². The Labute approximate surface area is 122 Å². The molecular formula is C13H17N5OS. The lowest BCUT2D eigenvalue weighted by molar-refractivity contribution is 0.102. The molecule has 0 atom stereocenters. The van der Waals surface area contributed by atoms with E-state index in [1.54, 1.807) is 16.8 Å². The number of nitrogens with zero attached hydrogens (tertiary/aromatic N) is 4. The summed E-state index contributed by atoms with van der Waals surface area (Å²) in [6.07, 6.45) is 1.82. The molecule has 0 aliphatic heterocycles. The molecule has 0 fully saturated rings. The van der Waals surface area contributed by atoms with E-state index in [1.807, 2.05) is 27.0 Å². The van der Waals surface area contributed by atoms with Gasteiger partial charge in [-0.2, -0.15) is 5.10 Å². The van der Waals surface area contributed by atoms with Crippen molar-refractivity contribution < 1.29 is 4.79 Å². The van der Waals surface area contributed by atoms with Crippen molar-refractivity contribution in [1.82, 2.24) is 19.7 Å². The fourth-order valence-electron chi connectivity index (χ4n) is 1.64. The van der Waals surface area contributed by atoms with E-state index >= 15 is 0 Å². The quantitative estimate of drug-likeness (QED) is 0.676. The third kappa shape index (κ3) is 3.57. The summed E-state index contributed by atoms with van der Waals surface area (Å²) in [6, 6.07) is 3.43. The molecule has 0 aromatic carbocycles. The summed E-state index contributed by atoms with van der Waals surface area (Å²) < 4.78 is 1.75. The first-order valence-electron chi connectivity index (χ1n) is 6.45. The van der Waals surface area contributed by atoms with E-state index in [4.69, 9.17) is 0 Å². The average Bonchev–Trinajstić information content (AvgIpc) is 2.86. The van der Waals surface area contributed by atoms with Crippen LogP contribution in [-0.4, -0.2) is 31.4 Å². The van der Waals surface area contributed by atoms with Crippen LogP contribution in [0.3, 0.4) is 0 Å². The molecule has 2 rings (SSSR count). The van der Waals surface area contributed by atoms with Crippen molar-refractivity contribution in [1.29, 1.82) is 0 Å². The van der Waals surface area contributed by atoms with Crippen LogP contribution < -0.4 is 5.32 Å². The molecular weight excluding hydrogens is 274 g/mol. The summed E-state index contributed by atoms with van der Waals surface area (Å²) in [4.78, 5) is 20.7. The van der Waals surface area contributed by atoms with E-state index in [1.165, 1.54) is 11.8 Å². The highest BCUT2D eigenvalue weighted by atomic mass is 32.2. The molecule has 1 N–H and O–H groups in total. The van der Waals surface area contributed by atoms with Crippen molar-refractivity contribution in [3.05, 3.63) is 29.7 Å². The molecule has 1 amide bonds. The normalized spacial score (nSPS) is 10.6. The topological polar surface area (TPSA) is 72.7 Å². The van der Waals surface area contributed by atoms with Gasteiger partial charge >= 0.3 is 0 Å². The van der Waals surface area contributed by atoms with Crippen LogP contribution in [0.1, 0.15) is 30.0 Å². The van der Waals surface area contributed by atoms with Crippen LogP contribution in [-0.2, 0) is 6.54 Å². The zero-order valence-corrected chi connectivity index (χ0v) is 12.6. The van der Waals surface area contributed by atoms with Gasteiger partial charge in [0.1, 0.15) is 5.69 Å². The minimum absolute atomic E-state index is 0.269. The molecule has 20 heavy (non-hydrogen) atoms. The summed E-state index contributed by atoms with van der Waals surface area (Å²) in [5.41, 5.74) is 1.14. The molecule has 0 saturated carbocycles. The van der Waals surface area contributed by atoms with Gasteiger partial charge in [0.25, 0.3) is 5.91 Å². The maximum Gasteiger partial charge on any atom is 0.275 e. The summed E-state index contributed by atoms with van der Waals surface area (Å²) in [5, 5.41) is 7.57. The number of hydrogen-bond acceptors (Lipinski definition) is 5. The number of nitrogens with one attached hydrogen (secondary N) is 1. The second-order valence-corrected chi connectivity index (χ2v) is 5.35. The summed E-state index contributed by atoms with van der Waals surface area (Å²) in [6.45, 7) is 6.62. The Morgan fingerprint density at radius 2 is 2.20 bits per heavy atom. The SMILES string of the molecule is CCSc1nc(C)cc(C(=O)Nc2ccn(CC)n2)n1. The third-order valence-corrected chi connectivity index (χ3v) is 3.28. The van der Waals surface area contributed by atoms with E-state index in [9.17, 15) is 4.79 Å². The first-order chi connectivity index (χ1) is 9.62. The third-order valence-electron chi connectivity index (χ3n) is 2.55. The van der Waals surface area contributed by atoms with Gasteiger partial charge in [-0.15, -0.1) is 0 Å². The predicted octanol–water partition coefficient (Wildman–Crippen LogP) is 2.37. The monoisotopic (exact) mass is 291 g/mol. The minimum atomic E-state index is -0.269. The number of carbonyl (C=O) groups excluding carboxylic acids is 1. The molecule has 7 heteroatoms. The molecule has 2 heterocycles. The van der Waals surface area contributed by atoms with Gasteiger partial charge in [0, 0.05) is 24.5 Å². The number of rotatable bonds is 5. The maximum atomic E-state index is 12.2. The van der Waals surface area contributed by atoms with Gasteiger partial charge in [-0.1, -0.05) is 18.7 Å². The van der Waals surface area contributed by atoms with Gasteiger partial charge in [0.05, 0.1) is 0 Å². The molecule has 0 saturated heterocycles. The first-order valence-corrected chi connectivity index (χ1v) is 7.44. The van der Waals surface area contributed by atoms with Gasteiger partial charge in [0.15, 0.2) is 11.0 Å². The van der Waals surface area contributed by atoms with Gasteiger partial charge in [-0.3, -0.25) is 9.48 Å². The molecule has 0 bridgehead atoms. The Morgan fingerprint density at radius 1 is 1.40 bits per heavy atom. The Bertz CT molecular complexity index is 611. The number of anilines is 1. The van der Waals surface area contributed by atoms with Crippen molar-refractivity contribution in [3.8, 4) is 0 Å². The summed E-state index contributed by atoms with van der Waals surface area (Å²) in [7, 11) is 0. The van der Waals surface area contributed by atoms with Gasteiger partial charge in [0.2, 0.25) is 0 Å². The molecule has 2 aromatic rings. The van der Waals surface area contributed by atoms with E-state index in [2.05, 4.69) is 20.4 Å². The second-order valence-electron chi connectivity index (χ2n) is 4.12. The molecule has 6 nitrogen and oxygen atoms in total. The molecule has 0 spiro atoms. The van der Waals surface area contributed by atoms with Crippen LogP contribution in [0, 0.1) is 6.92 Å². The highest BCUT2D eigenvalue weighted by molar-refractivity contribution is 7.99. The molecule has 0 aliphatic rings. The van der Waals surface area contributed by atoms with Gasteiger partial charge in [-0.05, 0) is 25.7 Å². The van der Waals surface area contributed by atoms with Crippen LogP contribution >= 0.6 is 11.8 Å². The van der Waals surface area contributed by atoms with Crippen LogP contribution in [0.2, 0.25) is 0 Å². The van der Waals surface area contributed by atoms with Crippen molar-refractivity contribution in [2.45, 2.75) is 32.5 Å². The smallest absolute Gasteiger partial charge is 0.275 e. The summed E-state index contributed by atoms with van der Waals surface area (Å²) in [5.74, 6) is 1.12. The average molecular weight is 291 g/mol. The van der Waals surface area contributed by atoms with E-state index in [0.29, 0.717) is 16.7 Å². The molecule has 106 valence electrons. The Kier molecular flexibility index (Phi) is 4.73. The standard InChI is InChI=1S/C13H17N5OS/c1-4-18-7-6-11(17-18)16-12(19)10-8-9(3)14-13(15-10)20-5-2/h6-8H,4-5H2,1-3H3,(H,16,17,19). The number of amides is 1. The van der Waals surface area contributed by atoms with Crippen molar-refractivity contribution in [3.63, 3.8) is 0 Å². The van der Waals surface area contributed by atoms with Crippen molar-refractivity contribution >= 4 is 23.5 Å². The maximum absolute atomic E-state index is 12.2. The Hall–Kier alpha value is -1.89. The van der Waals surface area contributed by atoms with Crippen molar-refractivity contribution in [2.75, 3.05) is 11.1 Å². The lowest BCUT2D eigenvalue weighted by Gasteiger charge is -2.05. The predicted molar refractivity (Wildman–Crippen MR) is 79.0 cm³/mol. The zero-order chi connectivity index (χ0) is 14.5. The van der Waals surface area contributed by atoms with Gasteiger partial charge in [-0.25, -0.2) is 9.97 Å². The molecule has 2 aromatic heterocycles. The number of thioether (sulfide) groups is 1. The number of hydrogen-bond donors (Lipinski definition) is 1. The largest absolute Gasteiger partial charge is 0.304 e. The lowest BCUT2D eigenvalue weighted by atomic mass is 10.3. The highest BCUT2D eigenvalue weighted by Crippen LogP contribution is 2.14. The van der Waals surface area contributed by atoms with Crippen LogP contribution in [0.25, 0.3) is 0 Å². The van der Waals surface area contributed by atoms with E-state index < -0.39 is 0 Å². The molecule has 0 radical (unpaired) electrons. The van der Waals surface area contributed by atoms with Crippen molar-refractivity contribution in [2.24, 2.45) is 0 Å². The first kappa shape index (κ1) is 14.5. The number of aromatic nitrogens is 4. The fourth-order valence-corrected chi connectivity index (χ4v) is 2.27. The van der Waals surface area contributed by atoms with E-state index in [-0.39, 0.29) is 5.91 Å². The Morgan fingerprint density at radius 3 is 2.85 bits per heavy atom. The lowest BCUT2D eigenvalue weighted by Crippen LogP contribution is -2.15. The molecule has 0 unspecified atom stereocenters. The van der Waals surface area contributed by atoms with E-state index in [0.717, 1.165) is 18.0 Å². The number of carbonyl (C=O) groups is 1. The Balaban J connectivity index is 2.15. The zero-order valence-electron chi connectivity index (χ0n) is 11.8. The summed E-state index contributed by atoms with van der Waals surface area (Å²) >= 11 is 1.51. The van der Waals surface area contributed by atoms with Gasteiger partial charge < -0.3 is 5.32 Å². The van der Waals surface area contributed by atoms with Crippen LogP contribution in [0.5, 0.6) is 0 Å². The van der Waals surface area contributed by atoms with Crippen LogP contribution in [0.15, 0.2) is 23.5 Å². The fraction of sp³-hybridized carbons (Fsp3) is 0.385. The second kappa shape index (κ2) is 6.51. The molecule has 0 aliphatic carbocycles. The number of aryl methyl sites for hydroxylation is 2.